The summed E-state index contributed by atoms with van der Waals surface area (Å²) in [5, 5.41) is 15.6. The molecule has 7 heteroatoms. The van der Waals surface area contributed by atoms with Gasteiger partial charge in [0.05, 0.1) is 5.69 Å². The topological polar surface area (TPSA) is 75.4 Å². The Balaban J connectivity index is 1.45. The van der Waals surface area contributed by atoms with Crippen molar-refractivity contribution in [2.24, 2.45) is 5.92 Å². The van der Waals surface area contributed by atoms with Crippen molar-refractivity contribution in [1.29, 1.82) is 0 Å². The van der Waals surface area contributed by atoms with Crippen LogP contribution in [0.2, 0.25) is 0 Å². The van der Waals surface area contributed by atoms with E-state index >= 15 is 0 Å². The van der Waals surface area contributed by atoms with Gasteiger partial charge in [-0.1, -0.05) is 37.3 Å². The van der Waals surface area contributed by atoms with Crippen LogP contribution in [0, 0.1) is 5.92 Å². The molecule has 1 aromatic carbocycles. The summed E-state index contributed by atoms with van der Waals surface area (Å²) in [6.45, 7) is 5.94. The van der Waals surface area contributed by atoms with Gasteiger partial charge in [0, 0.05) is 25.2 Å². The number of nitrogens with one attached hydrogen (secondary N) is 1. The van der Waals surface area contributed by atoms with Crippen LogP contribution in [0.15, 0.2) is 42.5 Å². The van der Waals surface area contributed by atoms with Crippen molar-refractivity contribution < 1.29 is 4.79 Å². The highest BCUT2D eigenvalue weighted by molar-refractivity contribution is 5.91. The van der Waals surface area contributed by atoms with Gasteiger partial charge in [-0.2, -0.15) is 9.61 Å². The minimum absolute atomic E-state index is 0.217. The van der Waals surface area contributed by atoms with E-state index in [1.54, 1.807) is 0 Å². The predicted octanol–water partition coefficient (Wildman–Crippen LogP) is 2.25. The number of carbonyl (C=O) groups is 1. The minimum atomic E-state index is -0.245. The molecule has 0 radical (unpaired) electrons. The zero-order chi connectivity index (χ0) is 18.6. The largest absolute Gasteiger partial charge is 0.348 e. The molecule has 140 valence electrons. The Morgan fingerprint density at radius 2 is 2.04 bits per heavy atom. The molecule has 4 rings (SSSR count). The lowest BCUT2D eigenvalue weighted by Crippen LogP contribution is -2.40. The number of piperidine rings is 1. The van der Waals surface area contributed by atoms with E-state index in [2.05, 4.69) is 32.4 Å². The van der Waals surface area contributed by atoms with Crippen LogP contribution >= 0.6 is 0 Å². The second kappa shape index (κ2) is 7.84. The maximum Gasteiger partial charge on any atom is 0.291 e. The highest BCUT2D eigenvalue weighted by Crippen LogP contribution is 2.17. The van der Waals surface area contributed by atoms with Gasteiger partial charge in [-0.15, -0.1) is 10.2 Å². The maximum atomic E-state index is 12.6. The van der Waals surface area contributed by atoms with Crippen molar-refractivity contribution in [2.75, 3.05) is 26.2 Å². The fourth-order valence-electron chi connectivity index (χ4n) is 3.59. The molecule has 27 heavy (non-hydrogen) atoms. The molecule has 0 saturated carbocycles. The van der Waals surface area contributed by atoms with Crippen LogP contribution in [0.5, 0.6) is 0 Å². The lowest BCUT2D eigenvalue weighted by atomic mass is 10.0. The molecule has 7 nitrogen and oxygen atoms in total. The molecule has 1 unspecified atom stereocenters. The standard InChI is InChI=1S/C20H24N6O/c1-15-6-5-12-25(14-15)13-11-21-20(27)19-23-22-18-10-9-17(24-26(18)19)16-7-3-2-4-8-16/h2-4,7-10,15H,5-6,11-14H2,1H3,(H,21,27). The average Bonchev–Trinajstić information content (AvgIpc) is 3.12. The number of rotatable bonds is 5. The summed E-state index contributed by atoms with van der Waals surface area (Å²) in [4.78, 5) is 15.0. The van der Waals surface area contributed by atoms with Crippen molar-refractivity contribution >= 4 is 11.6 Å². The van der Waals surface area contributed by atoms with Crippen LogP contribution in [0.1, 0.15) is 30.4 Å². The molecular weight excluding hydrogens is 340 g/mol. The normalized spacial score (nSPS) is 17.9. The monoisotopic (exact) mass is 364 g/mol. The number of hydrogen-bond acceptors (Lipinski definition) is 5. The number of fused-ring (bicyclic) bond motifs is 1. The first-order valence-corrected chi connectivity index (χ1v) is 9.49. The third-order valence-corrected chi connectivity index (χ3v) is 4.99. The molecule has 1 aliphatic heterocycles. The summed E-state index contributed by atoms with van der Waals surface area (Å²) >= 11 is 0. The number of aromatic nitrogens is 4. The molecule has 1 amide bonds. The SMILES string of the molecule is CC1CCCN(CCNC(=O)c2nnc3ccc(-c4ccccc4)nn23)C1. The van der Waals surface area contributed by atoms with E-state index in [0.717, 1.165) is 36.8 Å². The average molecular weight is 364 g/mol. The van der Waals surface area contributed by atoms with Crippen LogP contribution in [0.25, 0.3) is 16.9 Å². The Labute approximate surface area is 158 Å². The number of nitrogens with zero attached hydrogens (tertiary/aromatic N) is 5. The first kappa shape index (κ1) is 17.6. The molecule has 1 fully saturated rings. The number of carbonyl (C=O) groups excluding carboxylic acids is 1. The molecule has 0 aliphatic carbocycles. The van der Waals surface area contributed by atoms with E-state index < -0.39 is 0 Å². The van der Waals surface area contributed by atoms with Crippen LogP contribution in [-0.2, 0) is 0 Å². The molecule has 0 bridgehead atoms. The van der Waals surface area contributed by atoms with Crippen LogP contribution < -0.4 is 5.32 Å². The van der Waals surface area contributed by atoms with Gasteiger partial charge >= 0.3 is 0 Å². The van der Waals surface area contributed by atoms with Crippen molar-refractivity contribution in [1.82, 2.24) is 30.0 Å². The van der Waals surface area contributed by atoms with Crippen molar-refractivity contribution in [3.05, 3.63) is 48.3 Å². The Hall–Kier alpha value is -2.80. The van der Waals surface area contributed by atoms with E-state index in [1.807, 2.05) is 42.5 Å². The predicted molar refractivity (Wildman–Crippen MR) is 103 cm³/mol. The van der Waals surface area contributed by atoms with Gasteiger partial charge in [-0.25, -0.2) is 0 Å². The molecule has 1 N–H and O–H groups in total. The summed E-state index contributed by atoms with van der Waals surface area (Å²) < 4.78 is 1.51. The smallest absolute Gasteiger partial charge is 0.291 e. The first-order chi connectivity index (χ1) is 13.2. The Kier molecular flexibility index (Phi) is 5.11. The fourth-order valence-corrected chi connectivity index (χ4v) is 3.59. The third kappa shape index (κ3) is 3.98. The lowest BCUT2D eigenvalue weighted by Gasteiger charge is -2.30. The zero-order valence-electron chi connectivity index (χ0n) is 15.5. The highest BCUT2D eigenvalue weighted by Gasteiger charge is 2.18. The third-order valence-electron chi connectivity index (χ3n) is 4.99. The van der Waals surface area contributed by atoms with E-state index in [4.69, 9.17) is 0 Å². The van der Waals surface area contributed by atoms with E-state index in [-0.39, 0.29) is 11.7 Å². The van der Waals surface area contributed by atoms with Crippen molar-refractivity contribution in [3.63, 3.8) is 0 Å². The van der Waals surface area contributed by atoms with Crippen LogP contribution in [0.3, 0.4) is 0 Å². The van der Waals surface area contributed by atoms with Gasteiger partial charge in [-0.3, -0.25) is 4.79 Å². The molecule has 3 aromatic rings. The van der Waals surface area contributed by atoms with Crippen LogP contribution in [0.4, 0.5) is 0 Å². The van der Waals surface area contributed by atoms with E-state index in [9.17, 15) is 4.79 Å². The van der Waals surface area contributed by atoms with E-state index in [1.165, 1.54) is 17.4 Å². The second-order valence-corrected chi connectivity index (χ2v) is 7.18. The van der Waals surface area contributed by atoms with Crippen molar-refractivity contribution in [3.8, 4) is 11.3 Å². The summed E-state index contributed by atoms with van der Waals surface area (Å²) in [5.74, 6) is 0.704. The first-order valence-electron chi connectivity index (χ1n) is 9.49. The van der Waals surface area contributed by atoms with Crippen LogP contribution in [-0.4, -0.2) is 56.8 Å². The number of benzene rings is 1. The molecule has 1 aliphatic rings. The fraction of sp³-hybridized carbons (Fsp3) is 0.400. The summed E-state index contributed by atoms with van der Waals surface area (Å²) in [6.07, 6.45) is 2.53. The van der Waals surface area contributed by atoms with Gasteiger partial charge in [0.1, 0.15) is 0 Å². The number of hydrogen-bond donors (Lipinski definition) is 1. The Morgan fingerprint density at radius 1 is 1.19 bits per heavy atom. The molecule has 3 heterocycles. The molecular formula is C20H24N6O. The van der Waals surface area contributed by atoms with Gasteiger partial charge in [0.25, 0.3) is 5.91 Å². The Bertz CT molecular complexity index is 923. The van der Waals surface area contributed by atoms with E-state index in [0.29, 0.717) is 12.2 Å². The molecule has 1 saturated heterocycles. The maximum absolute atomic E-state index is 12.6. The second-order valence-electron chi connectivity index (χ2n) is 7.18. The summed E-state index contributed by atoms with van der Waals surface area (Å²) in [7, 11) is 0. The molecule has 2 aromatic heterocycles. The van der Waals surface area contributed by atoms with Gasteiger partial charge < -0.3 is 10.2 Å². The van der Waals surface area contributed by atoms with Gasteiger partial charge in [0.15, 0.2) is 5.65 Å². The number of amides is 1. The van der Waals surface area contributed by atoms with Gasteiger partial charge in [-0.05, 0) is 37.4 Å². The summed E-state index contributed by atoms with van der Waals surface area (Å²) in [6, 6.07) is 13.6. The quantitative estimate of drug-likeness (QED) is 0.752. The molecule has 1 atom stereocenters. The highest BCUT2D eigenvalue weighted by atomic mass is 16.2. The van der Waals surface area contributed by atoms with Crippen molar-refractivity contribution in [2.45, 2.75) is 19.8 Å². The zero-order valence-corrected chi connectivity index (χ0v) is 15.5. The lowest BCUT2D eigenvalue weighted by molar-refractivity contribution is 0.0931. The minimum Gasteiger partial charge on any atom is -0.348 e. The summed E-state index contributed by atoms with van der Waals surface area (Å²) in [5.41, 5.74) is 2.32. The van der Waals surface area contributed by atoms with Gasteiger partial charge in [0.2, 0.25) is 5.82 Å². The molecule has 0 spiro atoms. The number of likely N-dealkylation sites (tertiary alicyclic amines) is 1. The Morgan fingerprint density at radius 3 is 2.85 bits per heavy atom.